The molecule has 0 spiro atoms. The summed E-state index contributed by atoms with van der Waals surface area (Å²) in [6.45, 7) is 0.809. The van der Waals surface area contributed by atoms with Crippen molar-refractivity contribution in [2.24, 2.45) is 0 Å². The summed E-state index contributed by atoms with van der Waals surface area (Å²) < 4.78 is 39.5. The van der Waals surface area contributed by atoms with Crippen molar-refractivity contribution in [3.63, 3.8) is 0 Å². The van der Waals surface area contributed by atoms with E-state index in [0.29, 0.717) is 23.9 Å². The number of halogens is 5. The van der Waals surface area contributed by atoms with Crippen LogP contribution in [0.4, 0.5) is 19.0 Å². The molecule has 10 heteroatoms. The van der Waals surface area contributed by atoms with Gasteiger partial charge in [-0.1, -0.05) is 11.6 Å². The summed E-state index contributed by atoms with van der Waals surface area (Å²) in [7, 11) is 0. The molecule has 1 amide bonds. The first-order chi connectivity index (χ1) is 11.8. The maximum atomic E-state index is 12.9. The van der Waals surface area contributed by atoms with Gasteiger partial charge >= 0.3 is 6.18 Å². The zero-order valence-electron chi connectivity index (χ0n) is 12.5. The lowest BCUT2D eigenvalue weighted by Gasteiger charge is -2.40. The van der Waals surface area contributed by atoms with E-state index in [1.165, 1.54) is 6.07 Å². The molecule has 0 aromatic carbocycles. The van der Waals surface area contributed by atoms with E-state index in [0.717, 1.165) is 16.7 Å². The quantitative estimate of drug-likeness (QED) is 0.801. The van der Waals surface area contributed by atoms with E-state index in [2.05, 4.69) is 31.2 Å². The summed E-state index contributed by atoms with van der Waals surface area (Å²) in [5.74, 6) is -0.243. The molecule has 132 valence electrons. The molecule has 1 N–H and O–H groups in total. The van der Waals surface area contributed by atoms with Gasteiger partial charge in [-0.3, -0.25) is 9.78 Å². The predicted molar refractivity (Wildman–Crippen MR) is 89.7 cm³/mol. The molecule has 3 rings (SSSR count). The van der Waals surface area contributed by atoms with E-state index in [1.807, 2.05) is 4.90 Å². The molecule has 2 aromatic rings. The number of anilines is 1. The normalized spacial score (nSPS) is 15.0. The largest absolute Gasteiger partial charge is 0.434 e. The summed E-state index contributed by atoms with van der Waals surface area (Å²) in [6.07, 6.45) is -2.08. The van der Waals surface area contributed by atoms with Crippen LogP contribution in [0.3, 0.4) is 0 Å². The third-order valence-electron chi connectivity index (χ3n) is 3.63. The molecule has 1 fully saturated rings. The van der Waals surface area contributed by atoms with Crippen LogP contribution in [0.1, 0.15) is 16.1 Å². The van der Waals surface area contributed by atoms with Crippen LogP contribution in [0.15, 0.2) is 35.1 Å². The second-order valence-corrected chi connectivity index (χ2v) is 6.75. The van der Waals surface area contributed by atoms with Crippen molar-refractivity contribution in [2.75, 3.05) is 18.0 Å². The number of nitrogens with one attached hydrogen (secondary N) is 1. The molecule has 0 atom stereocenters. The van der Waals surface area contributed by atoms with E-state index in [-0.39, 0.29) is 6.04 Å². The van der Waals surface area contributed by atoms with Gasteiger partial charge in [-0.25, -0.2) is 4.98 Å². The van der Waals surface area contributed by atoms with Crippen LogP contribution < -0.4 is 10.2 Å². The summed E-state index contributed by atoms with van der Waals surface area (Å²) >= 11 is 9.36. The van der Waals surface area contributed by atoms with Gasteiger partial charge in [0.05, 0.1) is 16.6 Å². The van der Waals surface area contributed by atoms with Crippen molar-refractivity contribution in [1.29, 1.82) is 0 Å². The second-order valence-electron chi connectivity index (χ2n) is 5.43. The Bertz CT molecular complexity index is 812. The number of carbonyl (C=O) groups is 1. The van der Waals surface area contributed by atoms with Crippen LogP contribution in [0, 0.1) is 0 Å². The molecule has 3 heterocycles. The zero-order valence-corrected chi connectivity index (χ0v) is 14.9. The van der Waals surface area contributed by atoms with Gasteiger partial charge in [-0.05, 0) is 34.1 Å². The maximum absolute atomic E-state index is 12.9. The zero-order chi connectivity index (χ0) is 18.2. The van der Waals surface area contributed by atoms with Crippen molar-refractivity contribution < 1.29 is 18.0 Å². The highest BCUT2D eigenvalue weighted by molar-refractivity contribution is 9.10. The van der Waals surface area contributed by atoms with E-state index >= 15 is 0 Å². The molecule has 0 bridgehead atoms. The van der Waals surface area contributed by atoms with Gasteiger partial charge in [-0.2, -0.15) is 13.2 Å². The molecule has 0 radical (unpaired) electrons. The van der Waals surface area contributed by atoms with Gasteiger partial charge in [-0.15, -0.1) is 0 Å². The molecule has 25 heavy (non-hydrogen) atoms. The third kappa shape index (κ3) is 3.87. The average molecular weight is 436 g/mol. The number of carbonyl (C=O) groups excluding carboxylic acids is 1. The number of rotatable bonds is 3. The Morgan fingerprint density at radius 3 is 2.72 bits per heavy atom. The van der Waals surface area contributed by atoms with Crippen molar-refractivity contribution in [1.82, 2.24) is 15.3 Å². The van der Waals surface area contributed by atoms with Crippen molar-refractivity contribution in [2.45, 2.75) is 12.2 Å². The second kappa shape index (κ2) is 6.80. The SMILES string of the molecule is O=C(NC1CN(c2ncc(Br)cc2Cl)C1)c1cccnc1C(F)(F)F. The number of alkyl halides is 3. The first-order valence-electron chi connectivity index (χ1n) is 7.15. The Morgan fingerprint density at radius 2 is 2.08 bits per heavy atom. The first-order valence-corrected chi connectivity index (χ1v) is 8.32. The van der Waals surface area contributed by atoms with Crippen LogP contribution >= 0.6 is 27.5 Å². The van der Waals surface area contributed by atoms with E-state index < -0.39 is 23.3 Å². The van der Waals surface area contributed by atoms with Crippen molar-refractivity contribution in [3.8, 4) is 0 Å². The van der Waals surface area contributed by atoms with Gasteiger partial charge in [0, 0.05) is 30.0 Å². The van der Waals surface area contributed by atoms with Gasteiger partial charge in [0.15, 0.2) is 5.69 Å². The number of nitrogens with zero attached hydrogens (tertiary/aromatic N) is 3. The Labute approximate surface area is 154 Å². The fourth-order valence-electron chi connectivity index (χ4n) is 2.46. The Hall–Kier alpha value is -1.87. The highest BCUT2D eigenvalue weighted by Crippen LogP contribution is 2.31. The van der Waals surface area contributed by atoms with E-state index in [4.69, 9.17) is 11.6 Å². The fraction of sp³-hybridized carbons (Fsp3) is 0.267. The minimum atomic E-state index is -4.69. The van der Waals surface area contributed by atoms with Crippen molar-refractivity contribution in [3.05, 3.63) is 51.3 Å². The minimum Gasteiger partial charge on any atom is -0.351 e. The smallest absolute Gasteiger partial charge is 0.351 e. The highest BCUT2D eigenvalue weighted by atomic mass is 79.9. The minimum absolute atomic E-state index is 0.296. The summed E-state index contributed by atoms with van der Waals surface area (Å²) in [5.41, 5.74) is -1.69. The monoisotopic (exact) mass is 434 g/mol. The standard InChI is InChI=1S/C15H11BrClF3N4O/c16-8-4-11(17)13(22-5-8)24-6-9(7-24)23-14(25)10-2-1-3-21-12(10)15(18,19)20/h1-5,9H,6-7H2,(H,23,25). The Morgan fingerprint density at radius 1 is 1.36 bits per heavy atom. The molecule has 0 unspecified atom stereocenters. The molecular formula is C15H11BrClF3N4O. The number of pyridine rings is 2. The third-order valence-corrected chi connectivity index (χ3v) is 4.34. The molecule has 1 aliphatic rings. The first kappa shape index (κ1) is 17.9. The molecule has 1 saturated heterocycles. The van der Waals surface area contributed by atoms with Gasteiger partial charge in [0.25, 0.3) is 5.91 Å². The Balaban J connectivity index is 1.65. The topological polar surface area (TPSA) is 58.1 Å². The number of hydrogen-bond acceptors (Lipinski definition) is 4. The number of hydrogen-bond donors (Lipinski definition) is 1. The van der Waals surface area contributed by atoms with Crippen LogP contribution in [0.5, 0.6) is 0 Å². The molecule has 2 aromatic heterocycles. The molecule has 0 aliphatic carbocycles. The van der Waals surface area contributed by atoms with Crippen LogP contribution in [0.25, 0.3) is 0 Å². The van der Waals surface area contributed by atoms with Gasteiger partial charge in [0.2, 0.25) is 0 Å². The number of amides is 1. The maximum Gasteiger partial charge on any atom is 0.434 e. The highest BCUT2D eigenvalue weighted by Gasteiger charge is 2.38. The summed E-state index contributed by atoms with van der Waals surface area (Å²) in [4.78, 5) is 21.4. The van der Waals surface area contributed by atoms with Gasteiger partial charge in [0.1, 0.15) is 5.82 Å². The molecule has 0 saturated carbocycles. The lowest BCUT2D eigenvalue weighted by atomic mass is 10.1. The van der Waals surface area contributed by atoms with E-state index in [1.54, 1.807) is 12.3 Å². The van der Waals surface area contributed by atoms with Crippen LogP contribution in [-0.2, 0) is 6.18 Å². The van der Waals surface area contributed by atoms with Crippen molar-refractivity contribution >= 4 is 39.3 Å². The van der Waals surface area contributed by atoms with Gasteiger partial charge < -0.3 is 10.2 Å². The lowest BCUT2D eigenvalue weighted by molar-refractivity contribution is -0.141. The molecule has 5 nitrogen and oxygen atoms in total. The lowest BCUT2D eigenvalue weighted by Crippen LogP contribution is -2.59. The van der Waals surface area contributed by atoms with E-state index in [9.17, 15) is 18.0 Å². The fourth-order valence-corrected chi connectivity index (χ4v) is 3.21. The van der Waals surface area contributed by atoms with Crippen LogP contribution in [0.2, 0.25) is 5.02 Å². The Kier molecular flexibility index (Phi) is 4.88. The predicted octanol–water partition coefficient (Wildman–Crippen LogP) is 3.53. The molecular weight excluding hydrogens is 425 g/mol. The van der Waals surface area contributed by atoms with Crippen LogP contribution in [-0.4, -0.2) is 35.0 Å². The summed E-state index contributed by atoms with van der Waals surface area (Å²) in [6, 6.07) is 3.80. The average Bonchev–Trinajstić information content (AvgIpc) is 2.50. The molecule has 1 aliphatic heterocycles. The summed E-state index contributed by atoms with van der Waals surface area (Å²) in [5, 5.41) is 3.02. The number of aromatic nitrogens is 2.